The van der Waals surface area contributed by atoms with Crippen LogP contribution in [0.3, 0.4) is 0 Å². The van der Waals surface area contributed by atoms with Crippen molar-refractivity contribution in [2.45, 2.75) is 19.8 Å². The Labute approximate surface area is 175 Å². The molecule has 0 radical (unpaired) electrons. The number of hydrogen-bond acceptors (Lipinski definition) is 3. The molecule has 7 heteroatoms. The van der Waals surface area contributed by atoms with Gasteiger partial charge in [-0.3, -0.25) is 9.59 Å². The summed E-state index contributed by atoms with van der Waals surface area (Å²) in [5.74, 6) is 0.462. The van der Waals surface area contributed by atoms with Gasteiger partial charge in [-0.1, -0.05) is 36.2 Å². The summed E-state index contributed by atoms with van der Waals surface area (Å²) >= 11 is 11.9. The van der Waals surface area contributed by atoms with Gasteiger partial charge in [0.15, 0.2) is 0 Å². The van der Waals surface area contributed by atoms with Crippen molar-refractivity contribution in [1.29, 1.82) is 0 Å². The van der Waals surface area contributed by atoms with Gasteiger partial charge in [-0.25, -0.2) is 0 Å². The Kier molecular flexibility index (Phi) is 6.81. The Bertz CT molecular complexity index is 864. The van der Waals surface area contributed by atoms with Gasteiger partial charge in [0.25, 0.3) is 5.91 Å². The number of rotatable bonds is 5. The highest BCUT2D eigenvalue weighted by Crippen LogP contribution is 2.25. The Morgan fingerprint density at radius 1 is 1.11 bits per heavy atom. The number of anilines is 2. The van der Waals surface area contributed by atoms with E-state index in [0.717, 1.165) is 25.9 Å². The minimum Gasteiger partial charge on any atom is -0.376 e. The summed E-state index contributed by atoms with van der Waals surface area (Å²) in [6.45, 7) is 3.86. The zero-order valence-corrected chi connectivity index (χ0v) is 17.2. The van der Waals surface area contributed by atoms with Crippen molar-refractivity contribution in [3.05, 3.63) is 58.1 Å². The molecular weight excluding hydrogens is 397 g/mol. The molecule has 2 N–H and O–H groups in total. The van der Waals surface area contributed by atoms with Crippen LogP contribution in [0.4, 0.5) is 11.4 Å². The topological polar surface area (TPSA) is 61.4 Å². The van der Waals surface area contributed by atoms with Crippen molar-refractivity contribution in [3.63, 3.8) is 0 Å². The fourth-order valence-corrected chi connectivity index (χ4v) is 3.58. The normalized spacial score (nSPS) is 14.6. The average molecular weight is 420 g/mol. The number of benzene rings is 2. The molecule has 3 rings (SSSR count). The molecule has 0 unspecified atom stereocenters. The number of halogens is 2. The third-order valence-corrected chi connectivity index (χ3v) is 5.39. The first kappa shape index (κ1) is 20.5. The predicted octanol–water partition coefficient (Wildman–Crippen LogP) is 4.92. The number of carbonyl (C=O) groups excluding carboxylic acids is 2. The lowest BCUT2D eigenvalue weighted by molar-refractivity contribution is -0.114. The summed E-state index contributed by atoms with van der Waals surface area (Å²) in [7, 11) is 0. The van der Waals surface area contributed by atoms with Gasteiger partial charge in [-0.15, -0.1) is 0 Å². The monoisotopic (exact) mass is 419 g/mol. The smallest absolute Gasteiger partial charge is 0.253 e. The Morgan fingerprint density at radius 3 is 2.57 bits per heavy atom. The third-order valence-electron chi connectivity index (χ3n) is 4.84. The van der Waals surface area contributed by atoms with E-state index in [9.17, 15) is 9.59 Å². The van der Waals surface area contributed by atoms with Gasteiger partial charge >= 0.3 is 0 Å². The summed E-state index contributed by atoms with van der Waals surface area (Å²) in [6, 6.07) is 12.1. The van der Waals surface area contributed by atoms with Crippen LogP contribution in [0.15, 0.2) is 42.5 Å². The van der Waals surface area contributed by atoms with Crippen molar-refractivity contribution in [1.82, 2.24) is 4.90 Å². The number of nitrogens with zero attached hydrogens (tertiary/aromatic N) is 1. The highest BCUT2D eigenvalue weighted by atomic mass is 35.5. The van der Waals surface area contributed by atoms with Crippen molar-refractivity contribution in [2.75, 3.05) is 30.3 Å². The Balaban J connectivity index is 1.57. The van der Waals surface area contributed by atoms with Crippen molar-refractivity contribution in [2.24, 2.45) is 5.92 Å². The zero-order chi connectivity index (χ0) is 20.1. The maximum Gasteiger partial charge on any atom is 0.253 e. The minimum atomic E-state index is -0.244. The SMILES string of the molecule is CC1CCN(C(=O)c2cccc(NCC(=O)Nc3ccc(Cl)cc3Cl)c2)CC1. The van der Waals surface area contributed by atoms with Crippen molar-refractivity contribution >= 4 is 46.4 Å². The van der Waals surface area contributed by atoms with E-state index < -0.39 is 0 Å². The number of likely N-dealkylation sites (tertiary alicyclic amines) is 1. The van der Waals surface area contributed by atoms with Gasteiger partial charge in [-0.05, 0) is 55.2 Å². The number of nitrogens with one attached hydrogen (secondary N) is 2. The molecule has 1 aliphatic heterocycles. The maximum absolute atomic E-state index is 12.7. The van der Waals surface area contributed by atoms with Crippen LogP contribution >= 0.6 is 23.2 Å². The van der Waals surface area contributed by atoms with Crippen LogP contribution in [-0.4, -0.2) is 36.3 Å². The van der Waals surface area contributed by atoms with Gasteiger partial charge in [0.2, 0.25) is 5.91 Å². The Morgan fingerprint density at radius 2 is 1.86 bits per heavy atom. The Hall–Kier alpha value is -2.24. The molecule has 0 bridgehead atoms. The van der Waals surface area contributed by atoms with E-state index in [4.69, 9.17) is 23.2 Å². The summed E-state index contributed by atoms with van der Waals surface area (Å²) in [4.78, 5) is 26.8. The van der Waals surface area contributed by atoms with E-state index in [1.54, 1.807) is 30.3 Å². The molecule has 0 saturated carbocycles. The summed E-state index contributed by atoms with van der Waals surface area (Å²) in [6.07, 6.45) is 2.08. The second kappa shape index (κ2) is 9.30. The van der Waals surface area contributed by atoms with Gasteiger partial charge in [0.05, 0.1) is 17.3 Å². The van der Waals surface area contributed by atoms with Crippen LogP contribution in [-0.2, 0) is 4.79 Å². The van der Waals surface area contributed by atoms with Gasteiger partial charge < -0.3 is 15.5 Å². The molecule has 0 aromatic heterocycles. The molecule has 148 valence electrons. The molecule has 5 nitrogen and oxygen atoms in total. The molecule has 0 atom stereocenters. The van der Waals surface area contributed by atoms with Crippen LogP contribution in [0, 0.1) is 5.92 Å². The van der Waals surface area contributed by atoms with Gasteiger partial charge in [-0.2, -0.15) is 0 Å². The summed E-state index contributed by atoms with van der Waals surface area (Å²) in [5.41, 5.74) is 1.84. The quantitative estimate of drug-likeness (QED) is 0.722. The van der Waals surface area contributed by atoms with Crippen LogP contribution < -0.4 is 10.6 Å². The fraction of sp³-hybridized carbons (Fsp3) is 0.333. The number of amides is 2. The molecule has 1 heterocycles. The molecule has 2 aromatic rings. The molecule has 1 saturated heterocycles. The third kappa shape index (κ3) is 5.40. The van der Waals surface area contributed by atoms with Gasteiger partial charge in [0.1, 0.15) is 0 Å². The highest BCUT2D eigenvalue weighted by molar-refractivity contribution is 6.36. The van der Waals surface area contributed by atoms with Crippen LogP contribution in [0.1, 0.15) is 30.1 Å². The molecule has 2 amide bonds. The second-order valence-corrected chi connectivity index (χ2v) is 7.93. The van der Waals surface area contributed by atoms with Crippen molar-refractivity contribution in [3.8, 4) is 0 Å². The second-order valence-electron chi connectivity index (χ2n) is 7.08. The lowest BCUT2D eigenvalue weighted by Gasteiger charge is -2.30. The molecular formula is C21H23Cl2N3O2. The van der Waals surface area contributed by atoms with E-state index in [-0.39, 0.29) is 18.4 Å². The van der Waals surface area contributed by atoms with E-state index in [0.29, 0.717) is 32.9 Å². The fourth-order valence-electron chi connectivity index (χ4n) is 3.12. The standard InChI is InChI=1S/C21H23Cl2N3O2/c1-14-7-9-26(10-8-14)21(28)15-3-2-4-17(11-15)24-13-20(27)25-19-6-5-16(22)12-18(19)23/h2-6,11-12,14,24H,7-10,13H2,1H3,(H,25,27). The van der Waals surface area contributed by atoms with Crippen molar-refractivity contribution < 1.29 is 9.59 Å². The van der Waals surface area contributed by atoms with Crippen LogP contribution in [0.2, 0.25) is 10.0 Å². The van der Waals surface area contributed by atoms with E-state index in [1.165, 1.54) is 0 Å². The zero-order valence-electron chi connectivity index (χ0n) is 15.7. The number of hydrogen-bond donors (Lipinski definition) is 2. The average Bonchev–Trinajstić information content (AvgIpc) is 2.69. The van der Waals surface area contributed by atoms with Gasteiger partial charge in [0, 0.05) is 29.4 Å². The maximum atomic E-state index is 12.7. The van der Waals surface area contributed by atoms with E-state index in [1.807, 2.05) is 17.0 Å². The summed E-state index contributed by atoms with van der Waals surface area (Å²) in [5, 5.41) is 6.67. The first-order valence-electron chi connectivity index (χ1n) is 9.30. The first-order chi connectivity index (χ1) is 13.4. The van der Waals surface area contributed by atoms with E-state index >= 15 is 0 Å². The number of piperidine rings is 1. The molecule has 1 fully saturated rings. The van der Waals surface area contributed by atoms with Crippen LogP contribution in [0.5, 0.6) is 0 Å². The largest absolute Gasteiger partial charge is 0.376 e. The predicted molar refractivity (Wildman–Crippen MR) is 114 cm³/mol. The first-order valence-corrected chi connectivity index (χ1v) is 10.1. The number of carbonyl (C=O) groups is 2. The molecule has 28 heavy (non-hydrogen) atoms. The van der Waals surface area contributed by atoms with E-state index in [2.05, 4.69) is 17.6 Å². The summed E-state index contributed by atoms with van der Waals surface area (Å²) < 4.78 is 0. The lowest BCUT2D eigenvalue weighted by atomic mass is 9.98. The highest BCUT2D eigenvalue weighted by Gasteiger charge is 2.21. The molecule has 2 aromatic carbocycles. The minimum absolute atomic E-state index is 0.0351. The van der Waals surface area contributed by atoms with Crippen LogP contribution in [0.25, 0.3) is 0 Å². The molecule has 0 aliphatic carbocycles. The molecule has 0 spiro atoms. The lowest BCUT2D eigenvalue weighted by Crippen LogP contribution is -2.37. The molecule has 1 aliphatic rings.